The zero-order valence-corrected chi connectivity index (χ0v) is 31.7. The zero-order valence-electron chi connectivity index (χ0n) is 29.1. The number of aliphatic hydroxyl groups excluding tert-OH is 1. The number of rotatable bonds is 12. The van der Waals surface area contributed by atoms with E-state index in [1.54, 1.807) is 6.26 Å². The second-order valence-corrected chi connectivity index (χ2v) is 22.9. The van der Waals surface area contributed by atoms with Crippen molar-refractivity contribution in [1.82, 2.24) is 18.8 Å². The van der Waals surface area contributed by atoms with E-state index in [-0.39, 0.29) is 26.0 Å². The average molecular weight is 740 g/mol. The zero-order chi connectivity index (χ0) is 35.0. The summed E-state index contributed by atoms with van der Waals surface area (Å²) >= 11 is 6.83. The van der Waals surface area contributed by atoms with Crippen molar-refractivity contribution in [3.05, 3.63) is 65.2 Å². The number of ether oxygens (including phenoxy) is 4. The summed E-state index contributed by atoms with van der Waals surface area (Å²) in [4.78, 5) is 9.77. The maximum absolute atomic E-state index is 13.0. The van der Waals surface area contributed by atoms with Gasteiger partial charge in [0, 0.05) is 39.6 Å². The van der Waals surface area contributed by atoms with E-state index < -0.39 is 36.3 Å². The van der Waals surface area contributed by atoms with Crippen molar-refractivity contribution in [1.29, 1.82) is 0 Å². The van der Waals surface area contributed by atoms with Crippen LogP contribution in [0.25, 0.3) is 33.5 Å². The number of fused-ring (bicyclic) bond motifs is 2. The molecule has 3 aliphatic rings. The van der Waals surface area contributed by atoms with Crippen LogP contribution in [0.3, 0.4) is 0 Å². The molecule has 268 valence electrons. The standard InChI is InChI=1S/C36H46ClN5O6SSi/c1-49(44,41-15-5-6-16-41)38-20-24-7-9-25(10-8-24)26-11-13-27(14-12-26)32-28(37)19-29-35(40-32)42(23-45-17-18-50(2,3)4)36(39-29)48-31-22-47-33-30(43)21-46-34(31)33/h7-14,19,30-31,33-34,43H,5-6,15-18,20-23H2,1-4H3/t30-,31-,33-,34-,49?/m1/s1. The first-order valence-corrected chi connectivity index (χ1v) is 23.3. The van der Waals surface area contributed by atoms with Crippen molar-refractivity contribution < 1.29 is 28.3 Å². The molecule has 0 saturated carbocycles. The molecule has 3 fully saturated rings. The molecule has 3 aliphatic heterocycles. The van der Waals surface area contributed by atoms with E-state index >= 15 is 0 Å². The van der Waals surface area contributed by atoms with Crippen LogP contribution in [-0.4, -0.2) is 99.8 Å². The van der Waals surface area contributed by atoms with Crippen molar-refractivity contribution in [3.8, 4) is 28.4 Å². The minimum atomic E-state index is -2.34. The molecule has 2 aromatic carbocycles. The highest BCUT2D eigenvalue weighted by atomic mass is 35.5. The number of aromatic nitrogens is 3. The van der Waals surface area contributed by atoms with Crippen LogP contribution in [0, 0.1) is 0 Å². The van der Waals surface area contributed by atoms with E-state index in [2.05, 4.69) is 48.3 Å². The predicted octanol–water partition coefficient (Wildman–Crippen LogP) is 6.25. The Bertz CT molecular complexity index is 1940. The first-order valence-electron chi connectivity index (χ1n) is 17.3. The number of benzene rings is 2. The largest absolute Gasteiger partial charge is 0.456 e. The predicted molar refractivity (Wildman–Crippen MR) is 198 cm³/mol. The molecule has 1 unspecified atom stereocenters. The maximum Gasteiger partial charge on any atom is 0.301 e. The number of hydrogen-bond acceptors (Lipinski definition) is 9. The normalized spacial score (nSPS) is 23.7. The Hall–Kier alpha value is -2.88. The summed E-state index contributed by atoms with van der Waals surface area (Å²) in [6.07, 6.45) is 2.02. The van der Waals surface area contributed by atoms with Gasteiger partial charge in [-0.1, -0.05) is 79.8 Å². The topological polar surface area (TPSA) is 121 Å². The Morgan fingerprint density at radius 1 is 0.980 bits per heavy atom. The van der Waals surface area contributed by atoms with Gasteiger partial charge in [0.15, 0.2) is 11.8 Å². The molecule has 5 heterocycles. The molecule has 0 aliphatic carbocycles. The van der Waals surface area contributed by atoms with Crippen LogP contribution in [0.2, 0.25) is 30.7 Å². The van der Waals surface area contributed by atoms with E-state index in [1.807, 2.05) is 39.2 Å². The van der Waals surface area contributed by atoms with Crippen LogP contribution >= 0.6 is 11.6 Å². The van der Waals surface area contributed by atoms with Gasteiger partial charge >= 0.3 is 6.01 Å². The first kappa shape index (κ1) is 35.5. The third-order valence-electron chi connectivity index (χ3n) is 9.57. The second-order valence-electron chi connectivity index (χ2n) is 14.6. The van der Waals surface area contributed by atoms with Crippen LogP contribution < -0.4 is 4.74 Å². The lowest BCUT2D eigenvalue weighted by Crippen LogP contribution is -2.35. The van der Waals surface area contributed by atoms with Crippen molar-refractivity contribution in [2.75, 3.05) is 39.2 Å². The van der Waals surface area contributed by atoms with Crippen LogP contribution in [-0.2, 0) is 37.4 Å². The van der Waals surface area contributed by atoms with Crippen LogP contribution in [0.1, 0.15) is 18.4 Å². The van der Waals surface area contributed by atoms with Gasteiger partial charge in [-0.2, -0.15) is 4.98 Å². The van der Waals surface area contributed by atoms with Gasteiger partial charge in [0.1, 0.15) is 40.5 Å². The molecular formula is C36H46ClN5O6SSi. The van der Waals surface area contributed by atoms with Gasteiger partial charge in [-0.05, 0) is 41.6 Å². The number of halogens is 1. The lowest BCUT2D eigenvalue weighted by molar-refractivity contribution is 0.00336. The number of pyridine rings is 1. The third-order valence-corrected chi connectivity index (χ3v) is 13.5. The molecule has 0 spiro atoms. The summed E-state index contributed by atoms with van der Waals surface area (Å²) in [6.45, 7) is 10.4. The highest BCUT2D eigenvalue weighted by molar-refractivity contribution is 7.90. The first-order chi connectivity index (χ1) is 23.9. The minimum Gasteiger partial charge on any atom is -0.456 e. The summed E-state index contributed by atoms with van der Waals surface area (Å²) < 4.78 is 45.5. The minimum absolute atomic E-state index is 0.214. The van der Waals surface area contributed by atoms with Crippen LogP contribution in [0.5, 0.6) is 6.01 Å². The fourth-order valence-electron chi connectivity index (χ4n) is 6.55. The molecule has 4 aromatic rings. The molecule has 0 radical (unpaired) electrons. The molecule has 14 heteroatoms. The van der Waals surface area contributed by atoms with E-state index in [0.29, 0.717) is 41.0 Å². The molecule has 50 heavy (non-hydrogen) atoms. The third kappa shape index (κ3) is 7.80. The van der Waals surface area contributed by atoms with Gasteiger partial charge in [-0.25, -0.2) is 17.9 Å². The van der Waals surface area contributed by atoms with E-state index in [0.717, 1.165) is 54.2 Å². The molecule has 0 amide bonds. The summed E-state index contributed by atoms with van der Waals surface area (Å²) in [5.41, 5.74) is 5.84. The highest BCUT2D eigenvalue weighted by Gasteiger charge is 2.49. The Kier molecular flexibility index (Phi) is 10.4. The van der Waals surface area contributed by atoms with Gasteiger partial charge in [-0.15, -0.1) is 0 Å². The molecule has 0 bridgehead atoms. The van der Waals surface area contributed by atoms with E-state index in [9.17, 15) is 9.32 Å². The lowest BCUT2D eigenvalue weighted by atomic mass is 10.0. The van der Waals surface area contributed by atoms with Gasteiger partial charge < -0.3 is 24.1 Å². The number of nitrogens with zero attached hydrogens (tertiary/aromatic N) is 5. The fourth-order valence-corrected chi connectivity index (χ4v) is 9.05. The molecule has 5 atom stereocenters. The van der Waals surface area contributed by atoms with Crippen molar-refractivity contribution in [2.45, 2.75) is 76.2 Å². The number of imidazole rings is 1. The molecule has 1 N–H and O–H groups in total. The van der Waals surface area contributed by atoms with Crippen molar-refractivity contribution in [3.63, 3.8) is 0 Å². The molecule has 7 rings (SSSR count). The van der Waals surface area contributed by atoms with Crippen molar-refractivity contribution in [2.24, 2.45) is 4.36 Å². The van der Waals surface area contributed by atoms with E-state index in [4.69, 9.17) is 40.5 Å². The van der Waals surface area contributed by atoms with Crippen LogP contribution in [0.15, 0.2) is 59.0 Å². The highest BCUT2D eigenvalue weighted by Crippen LogP contribution is 2.35. The second kappa shape index (κ2) is 14.6. The van der Waals surface area contributed by atoms with Gasteiger partial charge in [0.25, 0.3) is 0 Å². The Balaban J connectivity index is 1.11. The lowest BCUT2D eigenvalue weighted by Gasteiger charge is -2.19. The summed E-state index contributed by atoms with van der Waals surface area (Å²) in [5.74, 6) is 0. The number of hydrogen-bond donors (Lipinski definition) is 1. The van der Waals surface area contributed by atoms with E-state index in [1.165, 1.54) is 0 Å². The average Bonchev–Trinajstić information content (AvgIpc) is 3.89. The smallest absolute Gasteiger partial charge is 0.301 e. The molecule has 3 saturated heterocycles. The Morgan fingerprint density at radius 3 is 2.34 bits per heavy atom. The Labute approximate surface area is 300 Å². The Morgan fingerprint density at radius 2 is 1.64 bits per heavy atom. The van der Waals surface area contributed by atoms with Crippen LogP contribution in [0.4, 0.5) is 0 Å². The fraction of sp³-hybridized carbons (Fsp3) is 0.500. The van der Waals surface area contributed by atoms with Gasteiger partial charge in [0.2, 0.25) is 0 Å². The maximum atomic E-state index is 13.0. The van der Waals surface area contributed by atoms with Gasteiger partial charge in [-0.3, -0.25) is 4.57 Å². The molecule has 11 nitrogen and oxygen atoms in total. The summed E-state index contributed by atoms with van der Waals surface area (Å²) in [5, 5.41) is 10.7. The summed E-state index contributed by atoms with van der Waals surface area (Å²) in [7, 11) is -3.63. The van der Waals surface area contributed by atoms with Crippen molar-refractivity contribution >= 4 is 40.8 Å². The van der Waals surface area contributed by atoms with Gasteiger partial charge in [0.05, 0.1) is 30.5 Å². The SMILES string of the molecule is C[Si](C)(C)CCOCn1c(O[C@@H]2CO[C@H]3[C@@H]2OC[C@H]3O)nc2cc(Cl)c(-c3ccc(-c4ccc(CN=S(C)(=O)N5CCCC5)cc4)cc3)nc21. The molecular weight excluding hydrogens is 694 g/mol. The molecule has 2 aromatic heterocycles. The quantitative estimate of drug-likeness (QED) is 0.134. The summed E-state index contributed by atoms with van der Waals surface area (Å²) in [6, 6.07) is 19.6. The monoisotopic (exact) mass is 739 g/mol. The number of aliphatic hydroxyl groups is 1.